The molecule has 1 aromatic heterocycles. The lowest BCUT2D eigenvalue weighted by atomic mass is 10.0. The van der Waals surface area contributed by atoms with Gasteiger partial charge in [0.15, 0.2) is 0 Å². The number of esters is 1. The van der Waals surface area contributed by atoms with Gasteiger partial charge in [-0.2, -0.15) is 0 Å². The number of hydrogen-bond donors (Lipinski definition) is 2. The zero-order chi connectivity index (χ0) is 24.4. The highest BCUT2D eigenvalue weighted by Gasteiger charge is 2.40. The number of nitrogens with one attached hydrogen (secondary N) is 2. The summed E-state index contributed by atoms with van der Waals surface area (Å²) >= 11 is 0. The number of benzene rings is 1. The van der Waals surface area contributed by atoms with Crippen LogP contribution >= 0.6 is 0 Å². The number of carbonyl (C=O) groups is 5. The predicted octanol–water partition coefficient (Wildman–Crippen LogP) is 2.42. The van der Waals surface area contributed by atoms with Gasteiger partial charge in [-0.3, -0.25) is 28.9 Å². The second kappa shape index (κ2) is 9.07. The van der Waals surface area contributed by atoms with Gasteiger partial charge in [0, 0.05) is 44.7 Å². The van der Waals surface area contributed by atoms with Gasteiger partial charge in [0.05, 0.1) is 36.0 Å². The van der Waals surface area contributed by atoms with E-state index in [1.165, 1.54) is 58.1 Å². The summed E-state index contributed by atoms with van der Waals surface area (Å²) in [6.45, 7) is 5.03. The molecule has 2 heterocycles. The Morgan fingerprint density at radius 1 is 1.00 bits per heavy atom. The van der Waals surface area contributed by atoms with Crippen LogP contribution < -0.4 is 15.5 Å². The number of allylic oxidation sites excluding steroid dienone is 1. The quantitative estimate of drug-likeness (QED) is 0.293. The average molecular weight is 454 g/mol. The molecular weight excluding hydrogens is 432 g/mol. The van der Waals surface area contributed by atoms with Gasteiger partial charge in [0.25, 0.3) is 0 Å². The molecule has 33 heavy (non-hydrogen) atoms. The first-order chi connectivity index (χ1) is 15.5. The van der Waals surface area contributed by atoms with Crippen LogP contribution in [0.25, 0.3) is 10.9 Å². The van der Waals surface area contributed by atoms with Crippen LogP contribution in [-0.2, 0) is 28.7 Å². The Bertz CT molecular complexity index is 1240. The van der Waals surface area contributed by atoms with Crippen molar-refractivity contribution in [1.29, 1.82) is 0 Å². The van der Waals surface area contributed by atoms with Crippen molar-refractivity contribution in [2.24, 2.45) is 0 Å². The molecule has 0 aliphatic carbocycles. The molecule has 1 aliphatic rings. The lowest BCUT2D eigenvalue weighted by Crippen LogP contribution is -2.33. The normalized spacial score (nSPS) is 14.3. The number of amides is 3. The van der Waals surface area contributed by atoms with Crippen molar-refractivity contribution >= 4 is 57.4 Å². The number of rotatable bonds is 6. The van der Waals surface area contributed by atoms with Gasteiger partial charge < -0.3 is 20.1 Å². The molecule has 1 aliphatic heterocycles. The molecule has 2 aromatic rings. The highest BCUT2D eigenvalue weighted by atomic mass is 16.6. The first-order valence-corrected chi connectivity index (χ1v) is 9.82. The molecule has 1 unspecified atom stereocenters. The van der Waals surface area contributed by atoms with Gasteiger partial charge in [0.2, 0.25) is 29.7 Å². The monoisotopic (exact) mass is 454 g/mol. The summed E-state index contributed by atoms with van der Waals surface area (Å²) in [4.78, 5) is 66.5. The first kappa shape index (κ1) is 23.4. The summed E-state index contributed by atoms with van der Waals surface area (Å²) in [6.07, 6.45) is 1.13. The molecule has 3 amide bonds. The number of hydrogen-bond acceptors (Lipinski definition) is 8. The van der Waals surface area contributed by atoms with E-state index >= 15 is 0 Å². The number of anilines is 3. The van der Waals surface area contributed by atoms with Crippen molar-refractivity contribution in [3.63, 3.8) is 0 Å². The van der Waals surface area contributed by atoms with Crippen molar-refractivity contribution in [1.82, 2.24) is 4.98 Å². The summed E-state index contributed by atoms with van der Waals surface area (Å²) in [5.41, 5.74) is 1.09. The molecule has 0 radical (unpaired) electrons. The van der Waals surface area contributed by atoms with Gasteiger partial charge in [-0.05, 0) is 12.1 Å². The van der Waals surface area contributed by atoms with E-state index in [1.807, 2.05) is 0 Å². The highest BCUT2D eigenvalue weighted by Crippen LogP contribution is 2.51. The number of ketones is 1. The largest absolute Gasteiger partial charge is 0.504 e. The number of nitrogens with zero attached hydrogens (tertiary/aromatic N) is 2. The minimum atomic E-state index is -1.21. The molecule has 11 heteroatoms. The highest BCUT2D eigenvalue weighted by molar-refractivity contribution is 6.19. The molecule has 3 rings (SSSR count). The molecule has 1 atom stereocenters. The smallest absolute Gasteiger partial charge is 0.304 e. The van der Waals surface area contributed by atoms with Crippen molar-refractivity contribution in [3.8, 4) is 0 Å². The van der Waals surface area contributed by atoms with Crippen LogP contribution in [0.4, 0.5) is 17.1 Å². The molecule has 172 valence electrons. The van der Waals surface area contributed by atoms with E-state index in [2.05, 4.69) is 15.6 Å². The number of carbonyl (C=O) groups excluding carboxylic acids is 5. The molecule has 0 saturated heterocycles. The predicted molar refractivity (Wildman–Crippen MR) is 118 cm³/mol. The summed E-state index contributed by atoms with van der Waals surface area (Å²) < 4.78 is 10.2. The van der Waals surface area contributed by atoms with Crippen molar-refractivity contribution < 1.29 is 33.4 Å². The van der Waals surface area contributed by atoms with E-state index in [-0.39, 0.29) is 28.3 Å². The molecule has 0 saturated carbocycles. The summed E-state index contributed by atoms with van der Waals surface area (Å²) in [7, 11) is 1.38. The average Bonchev–Trinajstić information content (AvgIpc) is 3.03. The van der Waals surface area contributed by atoms with Gasteiger partial charge in [-0.25, -0.2) is 4.98 Å². The van der Waals surface area contributed by atoms with Gasteiger partial charge in [-0.1, -0.05) is 0 Å². The summed E-state index contributed by atoms with van der Waals surface area (Å²) in [5, 5.41) is 5.62. The third-order valence-electron chi connectivity index (χ3n) is 4.67. The van der Waals surface area contributed by atoms with E-state index < -0.39 is 35.7 Å². The molecular formula is C22H22N4O7. The Morgan fingerprint density at radius 2 is 1.64 bits per heavy atom. The molecule has 11 nitrogen and oxygen atoms in total. The Labute approximate surface area is 188 Å². The van der Waals surface area contributed by atoms with Crippen LogP contribution in [0.3, 0.4) is 0 Å². The Hall–Kier alpha value is -4.28. The van der Waals surface area contributed by atoms with Crippen molar-refractivity contribution in [3.05, 3.63) is 35.7 Å². The number of aromatic nitrogens is 1. The minimum absolute atomic E-state index is 0.0295. The fourth-order valence-corrected chi connectivity index (χ4v) is 3.63. The second-order valence-corrected chi connectivity index (χ2v) is 7.26. The minimum Gasteiger partial charge on any atom is -0.504 e. The maximum Gasteiger partial charge on any atom is 0.304 e. The van der Waals surface area contributed by atoms with Crippen LogP contribution in [0.15, 0.2) is 24.5 Å². The fourth-order valence-electron chi connectivity index (χ4n) is 3.63. The number of methoxy groups -OCH3 is 1. The van der Waals surface area contributed by atoms with E-state index in [0.29, 0.717) is 10.9 Å². The lowest BCUT2D eigenvalue weighted by Gasteiger charge is -2.26. The van der Waals surface area contributed by atoms with E-state index in [1.54, 1.807) is 0 Å². The first-order valence-electron chi connectivity index (χ1n) is 9.82. The molecule has 0 fully saturated rings. The van der Waals surface area contributed by atoms with Gasteiger partial charge in [0.1, 0.15) is 5.69 Å². The van der Waals surface area contributed by atoms with E-state index in [4.69, 9.17) is 9.47 Å². The Kier molecular flexibility index (Phi) is 6.43. The van der Waals surface area contributed by atoms with Gasteiger partial charge >= 0.3 is 5.97 Å². The summed E-state index contributed by atoms with van der Waals surface area (Å²) in [6, 6.07) is 2.84. The van der Waals surface area contributed by atoms with E-state index in [0.717, 1.165) is 6.08 Å². The number of pyridine rings is 1. The number of ether oxygens (including phenoxy) is 2. The zero-order valence-corrected chi connectivity index (χ0v) is 18.6. The maximum atomic E-state index is 12.7. The zero-order valence-electron chi connectivity index (χ0n) is 18.6. The topological polar surface area (TPSA) is 144 Å². The van der Waals surface area contributed by atoms with Crippen molar-refractivity contribution in [2.75, 3.05) is 22.6 Å². The second-order valence-electron chi connectivity index (χ2n) is 7.26. The van der Waals surface area contributed by atoms with Crippen molar-refractivity contribution in [2.45, 2.75) is 33.9 Å². The third kappa shape index (κ3) is 4.52. The van der Waals surface area contributed by atoms with E-state index in [9.17, 15) is 24.0 Å². The Morgan fingerprint density at radius 3 is 2.18 bits per heavy atom. The lowest BCUT2D eigenvalue weighted by molar-refractivity contribution is -0.147. The molecule has 0 bridgehead atoms. The molecule has 0 spiro atoms. The molecule has 2 N–H and O–H groups in total. The van der Waals surface area contributed by atoms with Gasteiger partial charge in [-0.15, -0.1) is 0 Å². The SMILES string of the molecule is CO/C=C/C(=O)c1cc2c3c(c(NC(C)=O)cc(NC(C)=O)c3n1)N(C(C)=O)C2OC(C)=O. The maximum absolute atomic E-state index is 12.7. The van der Waals surface area contributed by atoms with Crippen LogP contribution in [0.1, 0.15) is 50.0 Å². The third-order valence-corrected chi connectivity index (χ3v) is 4.67. The fraction of sp³-hybridized carbons (Fsp3) is 0.273. The summed E-state index contributed by atoms with van der Waals surface area (Å²) in [5.74, 6) is -2.51. The molecule has 1 aromatic carbocycles. The van der Waals surface area contributed by atoms with Crippen LogP contribution in [-0.4, -0.2) is 41.6 Å². The standard InChI is InChI=1S/C22H22N4O7/c1-10(27)23-16-9-17(24-11(2)28)21-19-14(22(33-13(4)30)26(21)12(3)29)8-15(25-20(16)19)18(31)6-7-32-5/h6-9,22H,1-5H3,(H,23,27)(H,24,28)/b7-6+. The Balaban J connectivity index is 2.44. The van der Waals surface area contributed by atoms with Crippen LogP contribution in [0.5, 0.6) is 0 Å². The van der Waals surface area contributed by atoms with Crippen LogP contribution in [0, 0.1) is 0 Å². The van der Waals surface area contributed by atoms with Crippen LogP contribution in [0.2, 0.25) is 0 Å².